The van der Waals surface area contributed by atoms with Crippen molar-refractivity contribution in [3.63, 3.8) is 0 Å². The van der Waals surface area contributed by atoms with Crippen LogP contribution in [-0.2, 0) is 32.7 Å². The average molecular weight is 717 g/mol. The molecule has 0 aromatic heterocycles. The fraction of sp³-hybridized carbons (Fsp3) is 0.257. The minimum Gasteiger partial charge on any atom is -0.488 e. The number of rotatable bonds is 11. The maximum Gasteiger partial charge on any atom is 0.339 e. The van der Waals surface area contributed by atoms with Crippen LogP contribution in [0, 0.1) is 29.1 Å². The number of halogens is 5. The lowest BCUT2D eigenvalue weighted by Crippen LogP contribution is -2.59. The third-order valence-electron chi connectivity index (χ3n) is 8.72. The number of benzene rings is 4. The molecule has 0 aliphatic carbocycles. The lowest BCUT2D eigenvalue weighted by Gasteiger charge is -2.41. The molecule has 1 N–H and O–H groups in total. The molecule has 2 aliphatic heterocycles. The third-order valence-corrected chi connectivity index (χ3v) is 10.7. The molecule has 2 atom stereocenters. The van der Waals surface area contributed by atoms with Gasteiger partial charge in [0, 0.05) is 30.8 Å². The first kappa shape index (κ1) is 35.0. The zero-order valence-electron chi connectivity index (χ0n) is 26.1. The van der Waals surface area contributed by atoms with E-state index in [0.717, 1.165) is 22.4 Å². The SMILES string of the molecule is O=C(O)c1ccc(N(Cc2ccc(C3CCOC3)cc2)C(=O)[C@H]2CCN2S(=O)(=O)c2c(F)c(F)c(F)c(F)c2F)cc1OCc1ccccc1. The molecule has 2 aliphatic rings. The van der Waals surface area contributed by atoms with E-state index in [1.807, 2.05) is 12.1 Å². The number of hydrogen-bond donors (Lipinski definition) is 1. The fourth-order valence-corrected chi connectivity index (χ4v) is 7.63. The molecule has 0 radical (unpaired) electrons. The number of ether oxygens (including phenoxy) is 2. The molecule has 1 amide bonds. The molecule has 6 rings (SSSR count). The van der Waals surface area contributed by atoms with Gasteiger partial charge in [-0.2, -0.15) is 4.31 Å². The van der Waals surface area contributed by atoms with Gasteiger partial charge in [-0.05, 0) is 41.7 Å². The Morgan fingerprint density at radius 2 is 1.52 bits per heavy atom. The van der Waals surface area contributed by atoms with Crippen molar-refractivity contribution in [3.05, 3.63) is 124 Å². The maximum atomic E-state index is 14.7. The first-order valence-corrected chi connectivity index (χ1v) is 16.9. The summed E-state index contributed by atoms with van der Waals surface area (Å²) in [4.78, 5) is 25.4. The van der Waals surface area contributed by atoms with Gasteiger partial charge in [-0.3, -0.25) is 4.79 Å². The predicted octanol–water partition coefficient (Wildman–Crippen LogP) is 6.16. The van der Waals surface area contributed by atoms with Gasteiger partial charge >= 0.3 is 5.97 Å². The summed E-state index contributed by atoms with van der Waals surface area (Å²) < 4.78 is 110. The van der Waals surface area contributed by atoms with Crippen LogP contribution < -0.4 is 9.64 Å². The number of amides is 1. The molecular formula is C35H29F5N2O7S. The van der Waals surface area contributed by atoms with Crippen LogP contribution in [0.1, 0.15) is 45.8 Å². The molecule has 4 aromatic rings. The highest BCUT2D eigenvalue weighted by Crippen LogP contribution is 2.36. The average Bonchev–Trinajstić information content (AvgIpc) is 3.63. The number of carboxylic acids is 1. The molecule has 2 heterocycles. The van der Waals surface area contributed by atoms with Gasteiger partial charge in [-0.25, -0.2) is 35.2 Å². The first-order valence-electron chi connectivity index (χ1n) is 15.4. The number of hydrogen-bond acceptors (Lipinski definition) is 6. The van der Waals surface area contributed by atoms with E-state index in [1.54, 1.807) is 42.5 Å². The highest BCUT2D eigenvalue weighted by molar-refractivity contribution is 7.89. The van der Waals surface area contributed by atoms with Gasteiger partial charge in [0.2, 0.25) is 21.7 Å². The van der Waals surface area contributed by atoms with E-state index in [4.69, 9.17) is 9.47 Å². The van der Waals surface area contributed by atoms with Gasteiger partial charge in [0.05, 0.1) is 13.2 Å². The number of anilines is 1. The van der Waals surface area contributed by atoms with Crippen LogP contribution in [-0.4, -0.2) is 55.5 Å². The van der Waals surface area contributed by atoms with Crippen molar-refractivity contribution in [2.75, 3.05) is 24.7 Å². The van der Waals surface area contributed by atoms with Gasteiger partial charge in [-0.15, -0.1) is 0 Å². The van der Waals surface area contributed by atoms with Crippen molar-refractivity contribution in [3.8, 4) is 5.75 Å². The van der Waals surface area contributed by atoms with E-state index in [2.05, 4.69) is 0 Å². The highest BCUT2D eigenvalue weighted by Gasteiger charge is 2.48. The van der Waals surface area contributed by atoms with Gasteiger partial charge in [-0.1, -0.05) is 54.6 Å². The Kier molecular flexibility index (Phi) is 9.91. The van der Waals surface area contributed by atoms with Crippen LogP contribution in [0.25, 0.3) is 0 Å². The zero-order chi connectivity index (χ0) is 35.7. The minimum atomic E-state index is -5.41. The Morgan fingerprint density at radius 1 is 0.860 bits per heavy atom. The van der Waals surface area contributed by atoms with E-state index < -0.39 is 68.5 Å². The summed E-state index contributed by atoms with van der Waals surface area (Å²) in [6.07, 6.45) is 0.690. The number of sulfonamides is 1. The number of carbonyl (C=O) groups excluding carboxylic acids is 1. The van der Waals surface area contributed by atoms with Crippen molar-refractivity contribution in [1.29, 1.82) is 0 Å². The standard InChI is InChI=1S/C35H29F5N2O7S/c36-28-29(37)31(39)33(32(40)30(28)38)50(46,47)42-14-12-26(42)34(43)41(17-20-6-8-22(9-7-20)23-13-15-48-19-23)24-10-11-25(35(44)45)27(16-24)49-18-21-4-2-1-3-5-21/h1-11,16,23,26H,12-15,17-19H2,(H,44,45)/t23?,26-/m1/s1. The molecule has 0 bridgehead atoms. The summed E-state index contributed by atoms with van der Waals surface area (Å²) in [6.45, 7) is 0.537. The number of carbonyl (C=O) groups is 2. The van der Waals surface area contributed by atoms with Crippen molar-refractivity contribution in [2.45, 2.75) is 42.8 Å². The van der Waals surface area contributed by atoms with Crippen LogP contribution in [0.3, 0.4) is 0 Å². The van der Waals surface area contributed by atoms with Crippen LogP contribution >= 0.6 is 0 Å². The molecule has 2 saturated heterocycles. The summed E-state index contributed by atoms with van der Waals surface area (Å²) >= 11 is 0. The molecule has 1 unspecified atom stereocenters. The summed E-state index contributed by atoms with van der Waals surface area (Å²) in [6, 6.07) is 18.3. The van der Waals surface area contributed by atoms with E-state index in [-0.39, 0.29) is 42.5 Å². The summed E-state index contributed by atoms with van der Waals surface area (Å²) in [5.74, 6) is -14.6. The molecule has 0 spiro atoms. The summed E-state index contributed by atoms with van der Waals surface area (Å²) in [7, 11) is -5.41. The fourth-order valence-electron chi connectivity index (χ4n) is 5.89. The minimum absolute atomic E-state index is 0.0264. The quantitative estimate of drug-likeness (QED) is 0.112. The second kappa shape index (κ2) is 14.2. The van der Waals surface area contributed by atoms with Gasteiger partial charge < -0.3 is 19.5 Å². The third kappa shape index (κ3) is 6.67. The van der Waals surface area contributed by atoms with Crippen LogP contribution in [0.4, 0.5) is 27.6 Å². The molecule has 0 saturated carbocycles. The van der Waals surface area contributed by atoms with Crippen molar-refractivity contribution < 1.29 is 54.5 Å². The van der Waals surface area contributed by atoms with Crippen LogP contribution in [0.2, 0.25) is 0 Å². The predicted molar refractivity (Wildman–Crippen MR) is 169 cm³/mol. The Labute approximate surface area is 283 Å². The normalized spacial score (nSPS) is 17.7. The van der Waals surface area contributed by atoms with E-state index in [0.29, 0.717) is 23.1 Å². The lowest BCUT2D eigenvalue weighted by molar-refractivity contribution is -0.125. The number of carboxylic acid groups (broad SMARTS) is 1. The summed E-state index contributed by atoms with van der Waals surface area (Å²) in [5, 5.41) is 9.84. The van der Waals surface area contributed by atoms with Gasteiger partial charge in [0.25, 0.3) is 0 Å². The molecule has 4 aromatic carbocycles. The molecule has 50 heavy (non-hydrogen) atoms. The molecular weight excluding hydrogens is 687 g/mol. The van der Waals surface area contributed by atoms with E-state index in [9.17, 15) is 45.1 Å². The molecule has 15 heteroatoms. The van der Waals surface area contributed by atoms with Crippen molar-refractivity contribution >= 4 is 27.6 Å². The van der Waals surface area contributed by atoms with Crippen molar-refractivity contribution in [1.82, 2.24) is 4.31 Å². The maximum absolute atomic E-state index is 14.7. The van der Waals surface area contributed by atoms with Crippen LogP contribution in [0.15, 0.2) is 77.7 Å². The molecule has 262 valence electrons. The van der Waals surface area contributed by atoms with Crippen LogP contribution in [0.5, 0.6) is 5.75 Å². The topological polar surface area (TPSA) is 113 Å². The van der Waals surface area contributed by atoms with Gasteiger partial charge in [0.1, 0.15) is 24.0 Å². The zero-order valence-corrected chi connectivity index (χ0v) is 26.9. The number of nitrogens with zero attached hydrogens (tertiary/aromatic N) is 2. The monoisotopic (exact) mass is 716 g/mol. The highest BCUT2D eigenvalue weighted by atomic mass is 32.2. The smallest absolute Gasteiger partial charge is 0.339 e. The van der Waals surface area contributed by atoms with E-state index >= 15 is 0 Å². The Morgan fingerprint density at radius 3 is 2.10 bits per heavy atom. The second-order valence-corrected chi connectivity index (χ2v) is 13.6. The second-order valence-electron chi connectivity index (χ2n) is 11.8. The molecule has 2 fully saturated rings. The van der Waals surface area contributed by atoms with Gasteiger partial charge in [0.15, 0.2) is 28.2 Å². The Hall–Kier alpha value is -4.86. The lowest BCUT2D eigenvalue weighted by atomic mass is 9.97. The van der Waals surface area contributed by atoms with Crippen molar-refractivity contribution in [2.24, 2.45) is 0 Å². The first-order chi connectivity index (χ1) is 23.9. The Balaban J connectivity index is 1.36. The molecule has 9 nitrogen and oxygen atoms in total. The Bertz CT molecular complexity index is 2010. The van der Waals surface area contributed by atoms with E-state index in [1.165, 1.54) is 18.2 Å². The number of aromatic carboxylic acids is 1. The summed E-state index contributed by atoms with van der Waals surface area (Å²) in [5.41, 5.74) is 2.18. The largest absolute Gasteiger partial charge is 0.488 e.